The molecule has 0 N–H and O–H groups in total. The second kappa shape index (κ2) is 3.14. The molecule has 0 aliphatic carbocycles. The summed E-state index contributed by atoms with van der Waals surface area (Å²) in [5.41, 5.74) is 0. The molecule has 0 bridgehead atoms. The minimum atomic E-state index is 0.779. The fourth-order valence-electron chi connectivity index (χ4n) is 0.935. The largest absolute Gasteiger partial charge is 0.315 e. The first-order valence-electron chi connectivity index (χ1n) is 3.24. The van der Waals surface area contributed by atoms with Crippen LogP contribution in [0.4, 0.5) is 0 Å². The van der Waals surface area contributed by atoms with E-state index in [-0.39, 0.29) is 0 Å². The summed E-state index contributed by atoms with van der Waals surface area (Å²) in [5.74, 6) is 1.98. The first-order valence-corrected chi connectivity index (χ1v) is 4.36. The van der Waals surface area contributed by atoms with Gasteiger partial charge in [-0.3, -0.25) is 0 Å². The normalized spacial score (nSPS) is 10.3. The van der Waals surface area contributed by atoms with E-state index in [4.69, 9.17) is 0 Å². The lowest BCUT2D eigenvalue weighted by molar-refractivity contribution is 0.702. The topological polar surface area (TPSA) is 30.7 Å². The lowest BCUT2D eigenvalue weighted by atomic mass is 10.6. The molecule has 4 heteroatoms. The average molecular weight is 204 g/mol. The number of aryl methyl sites for hydroxylation is 1. The Labute approximate surface area is 68.6 Å². The Balaban J connectivity index is 3.01. The van der Waals surface area contributed by atoms with Crippen molar-refractivity contribution in [3.05, 3.63) is 11.6 Å². The van der Waals surface area contributed by atoms with E-state index < -0.39 is 0 Å². The number of alkyl halides is 1. The van der Waals surface area contributed by atoms with Crippen LogP contribution in [-0.4, -0.2) is 14.8 Å². The summed E-state index contributed by atoms with van der Waals surface area (Å²) in [4.78, 5) is 0. The van der Waals surface area contributed by atoms with E-state index in [1.54, 1.807) is 0 Å². The van der Waals surface area contributed by atoms with Crippen molar-refractivity contribution in [3.63, 3.8) is 0 Å². The molecule has 56 valence electrons. The lowest BCUT2D eigenvalue weighted by Gasteiger charge is -2.00. The second-order valence-corrected chi connectivity index (χ2v) is 2.60. The Morgan fingerprint density at radius 3 is 2.60 bits per heavy atom. The number of rotatable bonds is 2. The van der Waals surface area contributed by atoms with E-state index in [0.717, 1.165) is 23.5 Å². The van der Waals surface area contributed by atoms with Gasteiger partial charge in [-0.1, -0.05) is 15.9 Å². The monoisotopic (exact) mass is 203 g/mol. The summed E-state index contributed by atoms with van der Waals surface area (Å²) in [7, 11) is 0. The van der Waals surface area contributed by atoms with Crippen molar-refractivity contribution >= 4 is 15.9 Å². The molecule has 1 rings (SSSR count). The van der Waals surface area contributed by atoms with Crippen molar-refractivity contribution in [2.45, 2.75) is 25.7 Å². The van der Waals surface area contributed by atoms with Crippen molar-refractivity contribution in [3.8, 4) is 0 Å². The molecule has 0 saturated carbocycles. The zero-order valence-corrected chi connectivity index (χ0v) is 7.72. The van der Waals surface area contributed by atoms with Crippen molar-refractivity contribution in [2.24, 2.45) is 0 Å². The van der Waals surface area contributed by atoms with Crippen LogP contribution >= 0.6 is 15.9 Å². The fraction of sp³-hybridized carbons (Fsp3) is 0.667. The quantitative estimate of drug-likeness (QED) is 0.683. The van der Waals surface area contributed by atoms with E-state index >= 15 is 0 Å². The summed E-state index contributed by atoms with van der Waals surface area (Å²) in [6.45, 7) is 4.99. The molecule has 0 aromatic carbocycles. The van der Waals surface area contributed by atoms with E-state index in [0.29, 0.717) is 0 Å². The molecule has 0 aliphatic rings. The van der Waals surface area contributed by atoms with Crippen LogP contribution in [-0.2, 0) is 11.9 Å². The SMILES string of the molecule is CCn1c(C)nnc1CBr. The smallest absolute Gasteiger partial charge is 0.143 e. The van der Waals surface area contributed by atoms with Gasteiger partial charge < -0.3 is 4.57 Å². The van der Waals surface area contributed by atoms with E-state index in [9.17, 15) is 0 Å². The molecule has 1 heterocycles. The van der Waals surface area contributed by atoms with Crippen LogP contribution in [0.2, 0.25) is 0 Å². The number of nitrogens with zero attached hydrogens (tertiary/aromatic N) is 3. The third-order valence-corrected chi connectivity index (χ3v) is 1.95. The first kappa shape index (κ1) is 7.72. The Kier molecular flexibility index (Phi) is 2.43. The van der Waals surface area contributed by atoms with Gasteiger partial charge >= 0.3 is 0 Å². The molecule has 0 atom stereocenters. The van der Waals surface area contributed by atoms with Crippen LogP contribution in [0.15, 0.2) is 0 Å². The van der Waals surface area contributed by atoms with Crippen LogP contribution < -0.4 is 0 Å². The predicted molar refractivity (Wildman–Crippen MR) is 43.1 cm³/mol. The second-order valence-electron chi connectivity index (χ2n) is 2.04. The van der Waals surface area contributed by atoms with Crippen LogP contribution in [0, 0.1) is 6.92 Å². The Morgan fingerprint density at radius 1 is 1.50 bits per heavy atom. The number of hydrogen-bond acceptors (Lipinski definition) is 2. The molecule has 0 spiro atoms. The maximum Gasteiger partial charge on any atom is 0.143 e. The summed E-state index contributed by atoms with van der Waals surface area (Å²) >= 11 is 3.34. The third kappa shape index (κ3) is 1.21. The predicted octanol–water partition coefficient (Wildman–Crippen LogP) is 1.50. The van der Waals surface area contributed by atoms with Crippen molar-refractivity contribution in [1.29, 1.82) is 0 Å². The molecular formula is C6H10BrN3. The van der Waals surface area contributed by atoms with E-state index in [1.807, 2.05) is 6.92 Å². The minimum absolute atomic E-state index is 0.779. The number of hydrogen-bond donors (Lipinski definition) is 0. The third-order valence-electron chi connectivity index (χ3n) is 1.45. The molecule has 0 saturated heterocycles. The Morgan fingerprint density at radius 2 is 2.20 bits per heavy atom. The molecule has 1 aromatic heterocycles. The van der Waals surface area contributed by atoms with Gasteiger partial charge in [-0.25, -0.2) is 0 Å². The highest BCUT2D eigenvalue weighted by molar-refractivity contribution is 9.08. The van der Waals surface area contributed by atoms with Gasteiger partial charge in [0, 0.05) is 6.54 Å². The number of halogens is 1. The summed E-state index contributed by atoms with van der Waals surface area (Å²) < 4.78 is 2.08. The van der Waals surface area contributed by atoms with Crippen LogP contribution in [0.1, 0.15) is 18.6 Å². The summed E-state index contributed by atoms with van der Waals surface area (Å²) in [5, 5.41) is 8.69. The van der Waals surface area contributed by atoms with Gasteiger partial charge in [-0.15, -0.1) is 10.2 Å². The minimum Gasteiger partial charge on any atom is -0.315 e. The van der Waals surface area contributed by atoms with Crippen molar-refractivity contribution in [1.82, 2.24) is 14.8 Å². The molecular weight excluding hydrogens is 194 g/mol. The van der Waals surface area contributed by atoms with Crippen LogP contribution in [0.25, 0.3) is 0 Å². The maximum absolute atomic E-state index is 3.97. The summed E-state index contributed by atoms with van der Waals surface area (Å²) in [6, 6.07) is 0. The summed E-state index contributed by atoms with van der Waals surface area (Å²) in [6.07, 6.45) is 0. The van der Waals surface area contributed by atoms with E-state index in [2.05, 4.69) is 37.6 Å². The highest BCUT2D eigenvalue weighted by Gasteiger charge is 2.03. The van der Waals surface area contributed by atoms with Gasteiger partial charge in [0.1, 0.15) is 11.6 Å². The average Bonchev–Trinajstić information content (AvgIpc) is 2.30. The molecule has 0 unspecified atom stereocenters. The molecule has 0 aliphatic heterocycles. The van der Waals surface area contributed by atoms with Gasteiger partial charge in [0.2, 0.25) is 0 Å². The van der Waals surface area contributed by atoms with Crippen molar-refractivity contribution < 1.29 is 0 Å². The molecule has 0 amide bonds. The maximum atomic E-state index is 3.97. The van der Waals surface area contributed by atoms with Gasteiger partial charge in [0.15, 0.2) is 0 Å². The highest BCUT2D eigenvalue weighted by Crippen LogP contribution is 2.04. The van der Waals surface area contributed by atoms with E-state index in [1.165, 1.54) is 0 Å². The molecule has 10 heavy (non-hydrogen) atoms. The van der Waals surface area contributed by atoms with Gasteiger partial charge in [-0.05, 0) is 13.8 Å². The van der Waals surface area contributed by atoms with Gasteiger partial charge in [-0.2, -0.15) is 0 Å². The number of aromatic nitrogens is 3. The zero-order valence-electron chi connectivity index (χ0n) is 6.13. The fourth-order valence-corrected chi connectivity index (χ4v) is 1.35. The van der Waals surface area contributed by atoms with Crippen LogP contribution in [0.5, 0.6) is 0 Å². The Bertz CT molecular complexity index is 219. The lowest BCUT2D eigenvalue weighted by Crippen LogP contribution is -2.01. The highest BCUT2D eigenvalue weighted by atomic mass is 79.9. The molecule has 0 radical (unpaired) electrons. The molecule has 1 aromatic rings. The molecule has 3 nitrogen and oxygen atoms in total. The molecule has 0 fully saturated rings. The van der Waals surface area contributed by atoms with Crippen LogP contribution in [0.3, 0.4) is 0 Å². The zero-order chi connectivity index (χ0) is 7.56. The first-order chi connectivity index (χ1) is 4.79. The van der Waals surface area contributed by atoms with Crippen molar-refractivity contribution in [2.75, 3.05) is 0 Å². The standard InChI is InChI=1S/C6H10BrN3/c1-3-10-5(2)8-9-6(10)4-7/h3-4H2,1-2H3. The Hall–Kier alpha value is -0.380. The van der Waals surface area contributed by atoms with Gasteiger partial charge in [0.05, 0.1) is 5.33 Å². The van der Waals surface area contributed by atoms with Gasteiger partial charge in [0.25, 0.3) is 0 Å².